The van der Waals surface area contributed by atoms with Crippen molar-refractivity contribution in [3.8, 4) is 73.3 Å². The average molecular weight is 1260 g/mol. The predicted octanol–water partition coefficient (Wildman–Crippen LogP) is 23.8. The topological polar surface area (TPSA) is 50.4 Å². The Balaban J connectivity index is 0.731. The third-order valence-corrected chi connectivity index (χ3v) is 20.7. The van der Waals surface area contributed by atoms with Crippen molar-refractivity contribution in [2.75, 3.05) is 0 Å². The number of fused-ring (bicyclic) bond motifs is 16. The monoisotopic (exact) mass is 1260 g/mol. The lowest BCUT2D eigenvalue weighted by Gasteiger charge is -2.14. The number of benzene rings is 15. The van der Waals surface area contributed by atoms with Crippen molar-refractivity contribution in [1.82, 2.24) is 32.8 Å². The molecule has 7 nitrogen and oxygen atoms in total. The summed E-state index contributed by atoms with van der Waals surface area (Å²) >= 11 is 0. The summed E-state index contributed by atoms with van der Waals surface area (Å²) in [6.07, 6.45) is 0. The van der Waals surface area contributed by atoms with Gasteiger partial charge in [-0.1, -0.05) is 194 Å². The second-order valence-electron chi connectivity index (χ2n) is 26.1. The van der Waals surface area contributed by atoms with E-state index in [0.29, 0.717) is 5.95 Å². The first-order valence-corrected chi connectivity index (χ1v) is 33.9. The van der Waals surface area contributed by atoms with Crippen molar-refractivity contribution < 1.29 is 0 Å². The molecule has 0 bridgehead atoms. The van der Waals surface area contributed by atoms with Crippen LogP contribution >= 0.6 is 0 Å². The van der Waals surface area contributed by atoms with E-state index in [1.807, 2.05) is 0 Å². The Morgan fingerprint density at radius 1 is 0.162 bits per heavy atom. The van der Waals surface area contributed by atoms with E-state index in [1.165, 1.54) is 76.2 Å². The van der Waals surface area contributed by atoms with Gasteiger partial charge >= 0.3 is 0 Å². The zero-order valence-electron chi connectivity index (χ0n) is 53.5. The highest BCUT2D eigenvalue weighted by molar-refractivity contribution is 6.17. The average Bonchev–Trinajstić information content (AvgIpc) is 1.35. The molecular formula is C92H57N7. The van der Waals surface area contributed by atoms with E-state index in [4.69, 9.17) is 9.97 Å². The molecule has 6 heterocycles. The Morgan fingerprint density at radius 3 is 0.788 bits per heavy atom. The quantitative estimate of drug-likeness (QED) is 0.145. The van der Waals surface area contributed by atoms with Crippen molar-refractivity contribution >= 4 is 120 Å². The van der Waals surface area contributed by atoms with E-state index < -0.39 is 0 Å². The summed E-state index contributed by atoms with van der Waals surface area (Å²) in [7, 11) is 0. The van der Waals surface area contributed by atoms with Crippen LogP contribution in [0.15, 0.2) is 346 Å². The van der Waals surface area contributed by atoms with Crippen LogP contribution < -0.4 is 0 Å². The van der Waals surface area contributed by atoms with Gasteiger partial charge < -0.3 is 18.3 Å². The Bertz CT molecular complexity index is 6670. The van der Waals surface area contributed by atoms with Gasteiger partial charge in [0, 0.05) is 87.6 Å². The van der Waals surface area contributed by atoms with Crippen LogP contribution in [0.1, 0.15) is 0 Å². The molecule has 0 saturated heterocycles. The lowest BCUT2D eigenvalue weighted by Crippen LogP contribution is -2.04. The third-order valence-electron chi connectivity index (χ3n) is 20.7. The SMILES string of the molecule is c1ccc(-c2nc(-n3c4ccccc4c4cc(-c5ccc6c(c5)c5ccccc5n6-c5ccccc5)ccc43)nc3ccc(-n4c5ccc(-c6ccc7c(c6)c6ccccc6n7-c6ccccc6)cc5c5cc(-c6ccc7c(c6)c6ccccc6n7-c6ccccc6)ccc54)cc23)cc1. The van der Waals surface area contributed by atoms with E-state index in [-0.39, 0.29) is 0 Å². The van der Waals surface area contributed by atoms with Crippen molar-refractivity contribution in [3.63, 3.8) is 0 Å². The summed E-state index contributed by atoms with van der Waals surface area (Å²) < 4.78 is 11.8. The molecule has 21 rings (SSSR count). The van der Waals surface area contributed by atoms with Crippen LogP contribution in [0.25, 0.3) is 193 Å². The summed E-state index contributed by atoms with van der Waals surface area (Å²) in [5.74, 6) is 0.616. The minimum atomic E-state index is 0.616. The van der Waals surface area contributed by atoms with E-state index >= 15 is 0 Å². The highest BCUT2D eigenvalue weighted by atomic mass is 15.2. The Kier molecular flexibility index (Phi) is 12.0. The number of hydrogen-bond acceptors (Lipinski definition) is 2. The van der Waals surface area contributed by atoms with Crippen molar-refractivity contribution in [2.45, 2.75) is 0 Å². The molecule has 0 unspecified atom stereocenters. The fourth-order valence-electron chi connectivity index (χ4n) is 16.2. The zero-order valence-corrected chi connectivity index (χ0v) is 53.5. The maximum Gasteiger partial charge on any atom is 0.235 e. The van der Waals surface area contributed by atoms with Crippen molar-refractivity contribution in [3.05, 3.63) is 346 Å². The van der Waals surface area contributed by atoms with Crippen LogP contribution in [0.2, 0.25) is 0 Å². The molecule has 0 aliphatic rings. The third kappa shape index (κ3) is 8.44. The maximum atomic E-state index is 5.68. The molecule has 0 aliphatic carbocycles. The van der Waals surface area contributed by atoms with Crippen LogP contribution in [0.5, 0.6) is 0 Å². The van der Waals surface area contributed by atoms with Crippen LogP contribution in [0.3, 0.4) is 0 Å². The van der Waals surface area contributed by atoms with Gasteiger partial charge in [0.15, 0.2) is 0 Å². The fraction of sp³-hybridized carbons (Fsp3) is 0. The largest absolute Gasteiger partial charge is 0.309 e. The summed E-state index contributed by atoms with van der Waals surface area (Å²) in [6, 6.07) is 126. The number of para-hydroxylation sites is 7. The zero-order chi connectivity index (χ0) is 64.8. The molecule has 0 aliphatic heterocycles. The molecule has 7 heteroatoms. The minimum absolute atomic E-state index is 0.616. The Labute approximate surface area is 568 Å². The van der Waals surface area contributed by atoms with Gasteiger partial charge in [-0.2, -0.15) is 0 Å². The molecule has 0 spiro atoms. The van der Waals surface area contributed by atoms with Gasteiger partial charge in [0.1, 0.15) is 0 Å². The summed E-state index contributed by atoms with van der Waals surface area (Å²) in [5, 5.41) is 12.9. The van der Waals surface area contributed by atoms with Gasteiger partial charge in [0.25, 0.3) is 0 Å². The Morgan fingerprint density at radius 2 is 0.434 bits per heavy atom. The second-order valence-corrected chi connectivity index (χ2v) is 26.1. The van der Waals surface area contributed by atoms with Gasteiger partial charge in [-0.05, 0) is 185 Å². The molecule has 21 aromatic rings. The molecule has 15 aromatic carbocycles. The van der Waals surface area contributed by atoms with Crippen molar-refractivity contribution in [1.29, 1.82) is 0 Å². The van der Waals surface area contributed by atoms with E-state index in [2.05, 4.69) is 369 Å². The van der Waals surface area contributed by atoms with Crippen LogP contribution in [-0.4, -0.2) is 32.8 Å². The van der Waals surface area contributed by atoms with Crippen molar-refractivity contribution in [2.24, 2.45) is 0 Å². The summed E-state index contributed by atoms with van der Waals surface area (Å²) in [5.41, 5.74) is 25.5. The fourth-order valence-corrected chi connectivity index (χ4v) is 16.2. The molecule has 6 aromatic heterocycles. The molecule has 0 fully saturated rings. The summed E-state index contributed by atoms with van der Waals surface area (Å²) in [6.45, 7) is 0. The number of hydrogen-bond donors (Lipinski definition) is 0. The van der Waals surface area contributed by atoms with E-state index in [9.17, 15) is 0 Å². The predicted molar refractivity (Wildman–Crippen MR) is 413 cm³/mol. The van der Waals surface area contributed by atoms with Gasteiger partial charge in [-0.3, -0.25) is 4.57 Å². The molecule has 0 amide bonds. The molecule has 460 valence electrons. The first kappa shape index (κ1) is 55.0. The summed E-state index contributed by atoms with van der Waals surface area (Å²) in [4.78, 5) is 11.2. The molecule has 99 heavy (non-hydrogen) atoms. The molecule has 0 radical (unpaired) electrons. The normalized spacial score (nSPS) is 12.0. The minimum Gasteiger partial charge on any atom is -0.309 e. The Hall–Kier alpha value is -13.4. The van der Waals surface area contributed by atoms with Crippen LogP contribution in [0.4, 0.5) is 0 Å². The number of rotatable bonds is 9. The van der Waals surface area contributed by atoms with Crippen LogP contribution in [-0.2, 0) is 0 Å². The molecule has 0 N–H and O–H groups in total. The number of aromatic nitrogens is 7. The molecule has 0 atom stereocenters. The van der Waals surface area contributed by atoms with Gasteiger partial charge in [0.2, 0.25) is 5.95 Å². The standard InChI is InChI=1S/C92H57N7/c1-5-21-58(22-6-1)91-79-57-68(43-44-80(79)93-92(94-91)99-84-36-20-16-32-72(84)76-54-62(42-50-90(76)99)59-37-45-85-73(51-59)69-29-13-17-33-81(69)95(85)65-23-7-2-8-24-65)98-88-48-40-63(60-38-46-86-74(52-60)70-30-14-18-34-82(70)96(86)66-25-9-3-10-26-66)55-77(88)78-56-64(41-49-89(78)98)61-39-47-87-75(53-61)71-31-15-19-35-83(71)97(87)67-27-11-4-12-28-67/h1-57H. The highest BCUT2D eigenvalue weighted by Gasteiger charge is 2.23. The first-order chi connectivity index (χ1) is 49.1. The first-order valence-electron chi connectivity index (χ1n) is 33.9. The maximum absolute atomic E-state index is 5.68. The van der Waals surface area contributed by atoms with Gasteiger partial charge in [-0.15, -0.1) is 0 Å². The number of nitrogens with zero attached hydrogens (tertiary/aromatic N) is 7. The van der Waals surface area contributed by atoms with Gasteiger partial charge in [-0.25, -0.2) is 9.97 Å². The van der Waals surface area contributed by atoms with Gasteiger partial charge in [0.05, 0.1) is 66.4 Å². The van der Waals surface area contributed by atoms with Crippen LogP contribution in [0, 0.1) is 0 Å². The van der Waals surface area contributed by atoms with E-state index in [0.717, 1.165) is 111 Å². The molecular weight excluding hydrogens is 1200 g/mol. The smallest absolute Gasteiger partial charge is 0.235 e. The highest BCUT2D eigenvalue weighted by Crippen LogP contribution is 2.44. The lowest BCUT2D eigenvalue weighted by molar-refractivity contribution is 1.01. The van der Waals surface area contributed by atoms with E-state index in [1.54, 1.807) is 0 Å². The second kappa shape index (κ2) is 21.6. The molecule has 0 saturated carbocycles. The lowest BCUT2D eigenvalue weighted by atomic mass is 9.98.